The largest absolute Gasteiger partial charge is 0.378 e. The molecule has 0 spiro atoms. The number of alkyl halides is 1. The van der Waals surface area contributed by atoms with E-state index in [0.29, 0.717) is 24.7 Å². The summed E-state index contributed by atoms with van der Waals surface area (Å²) in [5, 5.41) is 3.44. The third-order valence-corrected chi connectivity index (χ3v) is 9.09. The number of hydrogen-bond acceptors (Lipinski definition) is 8. The summed E-state index contributed by atoms with van der Waals surface area (Å²) < 4.78 is 18.5. The van der Waals surface area contributed by atoms with Crippen LogP contribution in [0.4, 0.5) is 15.8 Å². The molecule has 4 aromatic rings. The minimum Gasteiger partial charge on any atom is -0.378 e. The summed E-state index contributed by atoms with van der Waals surface area (Å²) in [5.41, 5.74) is 3.96. The number of halogens is 1. The lowest BCUT2D eigenvalue weighted by atomic mass is 10.1. The number of nitrogens with one attached hydrogen (secondary N) is 2. The number of H-pyrrole nitrogens is 1. The first-order chi connectivity index (χ1) is 18.6. The number of benzene rings is 2. The Morgan fingerprint density at radius 3 is 2.79 bits per heavy atom. The Balaban J connectivity index is 1.26. The average molecular weight is 548 g/mol. The molecule has 2 aromatic carbocycles. The standard InChI is InChI=1S/C28H26FN5O2S2/c1-17(28-30-8-7-19(16-29)32-28)31-18-5-6-23-25(13-18)37-24-4-2-3-21(27(24)38-23)22-14-20(15-26(35)33-22)34-9-11-36-12-10-34/h2-8,13-15,17,31H,9-12,16H2,1H3,(H,33,35). The number of morpholine rings is 1. The van der Waals surface area contributed by atoms with Crippen molar-refractivity contribution in [2.45, 2.75) is 39.2 Å². The van der Waals surface area contributed by atoms with Gasteiger partial charge in [0.1, 0.15) is 6.67 Å². The fraction of sp³-hybridized carbons (Fsp3) is 0.250. The number of hydrogen-bond donors (Lipinski definition) is 2. The number of nitrogens with zero attached hydrogens (tertiary/aromatic N) is 3. The van der Waals surface area contributed by atoms with Gasteiger partial charge in [-0.15, -0.1) is 0 Å². The Labute approximate surface area is 228 Å². The lowest BCUT2D eigenvalue weighted by Crippen LogP contribution is -2.36. The molecule has 1 saturated heterocycles. The second kappa shape index (κ2) is 10.8. The van der Waals surface area contributed by atoms with Crippen LogP contribution in [0.1, 0.15) is 24.5 Å². The Kier molecular flexibility index (Phi) is 7.10. The Bertz CT molecular complexity index is 1540. The van der Waals surface area contributed by atoms with Gasteiger partial charge in [0.25, 0.3) is 0 Å². The van der Waals surface area contributed by atoms with Gasteiger partial charge in [-0.3, -0.25) is 4.79 Å². The van der Waals surface area contributed by atoms with E-state index in [4.69, 9.17) is 4.74 Å². The maximum atomic E-state index is 13.0. The lowest BCUT2D eigenvalue weighted by Gasteiger charge is -2.29. The van der Waals surface area contributed by atoms with Crippen molar-refractivity contribution in [3.8, 4) is 11.3 Å². The highest BCUT2D eigenvalue weighted by Gasteiger charge is 2.22. The van der Waals surface area contributed by atoms with E-state index in [2.05, 4.69) is 55.5 Å². The van der Waals surface area contributed by atoms with E-state index in [-0.39, 0.29) is 11.6 Å². The highest BCUT2D eigenvalue weighted by Crippen LogP contribution is 2.52. The van der Waals surface area contributed by atoms with Crippen molar-refractivity contribution in [1.82, 2.24) is 15.0 Å². The molecule has 2 aliphatic heterocycles. The SMILES string of the molecule is CC(Nc1ccc2c(c1)Sc1cccc(-c3cc(N4CCOCC4)cc(=O)[nH]3)c1S2)c1nccc(CF)n1. The monoisotopic (exact) mass is 547 g/mol. The molecular formula is C28H26FN5O2S2. The third-order valence-electron chi connectivity index (χ3n) is 6.49. The zero-order valence-corrected chi connectivity index (χ0v) is 22.4. The zero-order valence-electron chi connectivity index (χ0n) is 20.7. The average Bonchev–Trinajstić information content (AvgIpc) is 2.96. The number of aromatic amines is 1. The van der Waals surface area contributed by atoms with Crippen molar-refractivity contribution in [3.63, 3.8) is 0 Å². The van der Waals surface area contributed by atoms with Crippen molar-refractivity contribution in [2.75, 3.05) is 36.5 Å². The van der Waals surface area contributed by atoms with E-state index >= 15 is 0 Å². The van der Waals surface area contributed by atoms with Crippen LogP contribution in [0.2, 0.25) is 0 Å². The van der Waals surface area contributed by atoms with Gasteiger partial charge in [0.05, 0.1) is 30.6 Å². The predicted molar refractivity (Wildman–Crippen MR) is 149 cm³/mol. The highest BCUT2D eigenvalue weighted by molar-refractivity contribution is 8.05. The van der Waals surface area contributed by atoms with Gasteiger partial charge in [-0.05, 0) is 43.3 Å². The molecule has 194 valence electrons. The molecule has 1 atom stereocenters. The third kappa shape index (κ3) is 5.16. The normalized spacial score (nSPS) is 15.5. The van der Waals surface area contributed by atoms with Crippen LogP contribution in [0, 0.1) is 0 Å². The Morgan fingerprint density at radius 1 is 1.08 bits per heavy atom. The minimum absolute atomic E-state index is 0.110. The van der Waals surface area contributed by atoms with Crippen LogP contribution in [0.5, 0.6) is 0 Å². The van der Waals surface area contributed by atoms with Gasteiger partial charge in [0.2, 0.25) is 5.56 Å². The predicted octanol–water partition coefficient (Wildman–Crippen LogP) is 5.93. The minimum atomic E-state index is -0.609. The van der Waals surface area contributed by atoms with Gasteiger partial charge >= 0.3 is 0 Å². The van der Waals surface area contributed by atoms with Gasteiger partial charge in [-0.1, -0.05) is 35.7 Å². The van der Waals surface area contributed by atoms with E-state index in [9.17, 15) is 9.18 Å². The molecule has 1 unspecified atom stereocenters. The molecule has 2 aromatic heterocycles. The molecule has 1 fully saturated rings. The summed E-state index contributed by atoms with van der Waals surface area (Å²) in [6.45, 7) is 4.23. The zero-order chi connectivity index (χ0) is 26.1. The quantitative estimate of drug-likeness (QED) is 0.271. The first-order valence-corrected chi connectivity index (χ1v) is 14.1. The van der Waals surface area contributed by atoms with Crippen LogP contribution in [-0.4, -0.2) is 41.3 Å². The number of anilines is 2. The van der Waals surface area contributed by atoms with Crippen LogP contribution in [0.25, 0.3) is 11.3 Å². The summed E-state index contributed by atoms with van der Waals surface area (Å²) in [4.78, 5) is 31.0. The van der Waals surface area contributed by atoms with Crippen molar-refractivity contribution in [1.29, 1.82) is 0 Å². The first-order valence-electron chi connectivity index (χ1n) is 12.4. The van der Waals surface area contributed by atoms with E-state index < -0.39 is 6.67 Å². The molecule has 0 bridgehead atoms. The topological polar surface area (TPSA) is 83.1 Å². The van der Waals surface area contributed by atoms with Crippen molar-refractivity contribution >= 4 is 34.9 Å². The molecule has 0 radical (unpaired) electrons. The second-order valence-electron chi connectivity index (χ2n) is 9.12. The fourth-order valence-electron chi connectivity index (χ4n) is 4.59. The summed E-state index contributed by atoms with van der Waals surface area (Å²) in [5.74, 6) is 0.559. The molecule has 38 heavy (non-hydrogen) atoms. The molecule has 2 N–H and O–H groups in total. The van der Waals surface area contributed by atoms with E-state index in [1.165, 1.54) is 0 Å². The van der Waals surface area contributed by atoms with Crippen LogP contribution in [0.15, 0.2) is 85.2 Å². The number of fused-ring (bicyclic) bond motifs is 2. The molecule has 6 rings (SSSR count). The smallest absolute Gasteiger partial charge is 0.250 e. The van der Waals surface area contributed by atoms with E-state index in [0.717, 1.165) is 55.3 Å². The van der Waals surface area contributed by atoms with Gasteiger partial charge in [0.15, 0.2) is 5.82 Å². The van der Waals surface area contributed by atoms with Crippen LogP contribution in [0.3, 0.4) is 0 Å². The molecule has 0 amide bonds. The van der Waals surface area contributed by atoms with Crippen LogP contribution < -0.4 is 15.8 Å². The molecule has 0 aliphatic carbocycles. The van der Waals surface area contributed by atoms with Crippen LogP contribution >= 0.6 is 23.5 Å². The summed E-state index contributed by atoms with van der Waals surface area (Å²) in [6, 6.07) is 17.6. The second-order valence-corrected chi connectivity index (χ2v) is 11.3. The lowest BCUT2D eigenvalue weighted by molar-refractivity contribution is 0.122. The van der Waals surface area contributed by atoms with E-state index in [1.807, 2.05) is 19.1 Å². The summed E-state index contributed by atoms with van der Waals surface area (Å²) in [7, 11) is 0. The van der Waals surface area contributed by atoms with Crippen molar-refractivity contribution in [2.24, 2.45) is 0 Å². The van der Waals surface area contributed by atoms with Crippen LogP contribution in [-0.2, 0) is 11.4 Å². The van der Waals surface area contributed by atoms with Crippen molar-refractivity contribution < 1.29 is 9.13 Å². The number of ether oxygens (including phenoxy) is 1. The summed E-state index contributed by atoms with van der Waals surface area (Å²) >= 11 is 3.42. The maximum Gasteiger partial charge on any atom is 0.250 e. The molecule has 2 aliphatic rings. The number of pyridine rings is 1. The molecule has 7 nitrogen and oxygen atoms in total. The van der Waals surface area contributed by atoms with Gasteiger partial charge in [0, 0.05) is 61.9 Å². The molecule has 4 heterocycles. The molecular weight excluding hydrogens is 521 g/mol. The maximum absolute atomic E-state index is 13.0. The van der Waals surface area contributed by atoms with Gasteiger partial charge in [-0.2, -0.15) is 0 Å². The van der Waals surface area contributed by atoms with E-state index in [1.54, 1.807) is 41.9 Å². The fourth-order valence-corrected chi connectivity index (χ4v) is 7.01. The van der Waals surface area contributed by atoms with Gasteiger partial charge < -0.3 is 19.9 Å². The summed E-state index contributed by atoms with van der Waals surface area (Å²) in [6.07, 6.45) is 1.59. The van der Waals surface area contributed by atoms with Crippen molar-refractivity contribution in [3.05, 3.63) is 82.7 Å². The van der Waals surface area contributed by atoms with Gasteiger partial charge in [-0.25, -0.2) is 14.4 Å². The Hall–Kier alpha value is -3.34. The Morgan fingerprint density at radius 2 is 1.95 bits per heavy atom. The number of aromatic nitrogens is 3. The molecule has 0 saturated carbocycles. The highest BCUT2D eigenvalue weighted by atomic mass is 32.2. The first kappa shape index (κ1) is 25.0. The molecule has 10 heteroatoms. The number of rotatable bonds is 6.